The Morgan fingerprint density at radius 1 is 0.581 bits per heavy atom. The molecule has 7 nitrogen and oxygen atoms in total. The minimum atomic E-state index is -4.68. The number of benzene rings is 2. The maximum absolute atomic E-state index is 12.0. The molecule has 2 rings (SSSR count). The smallest absolute Gasteiger partial charge is 0.422 e. The Bertz CT molecular complexity index is 1110. The van der Waals surface area contributed by atoms with Crippen molar-refractivity contribution >= 4 is 11.8 Å². The third kappa shape index (κ3) is 16.8. The lowest BCUT2D eigenvalue weighted by molar-refractivity contribution is -0.154. The second kappa shape index (κ2) is 15.4. The van der Waals surface area contributed by atoms with Gasteiger partial charge in [-0.05, 0) is 43.3 Å². The van der Waals surface area contributed by atoms with Crippen molar-refractivity contribution in [2.45, 2.75) is 39.1 Å². The van der Waals surface area contributed by atoms with Gasteiger partial charge < -0.3 is 24.1 Å². The van der Waals surface area contributed by atoms with Crippen molar-refractivity contribution in [2.24, 2.45) is 0 Å². The molecule has 0 saturated heterocycles. The van der Waals surface area contributed by atoms with Crippen molar-refractivity contribution in [1.82, 2.24) is 0 Å². The number of hydrogen-bond acceptors (Lipinski definition) is 6. The molecule has 0 saturated carbocycles. The standard InChI is InChI=1S/C12H10F6O3.C11H8F6O4.CH4/c1-7(19)9-4-8(20-5-11(13,14)15)2-3-10(9)21-6-12(16,17)18;12-10(13,14)4-20-6-1-2-8(7(3-6)9(18)19)21-5-11(15,16)17;/h2-4H,5-6H2,1H3;1-3H,4-5H2,(H,18,19);1H4. The first-order chi connectivity index (χ1) is 19.0. The summed E-state index contributed by atoms with van der Waals surface area (Å²) in [6.45, 7) is -5.53. The molecule has 0 aliphatic carbocycles. The van der Waals surface area contributed by atoms with Gasteiger partial charge >= 0.3 is 30.7 Å². The maximum Gasteiger partial charge on any atom is 0.422 e. The Morgan fingerprint density at radius 2 is 0.884 bits per heavy atom. The Kier molecular flexibility index (Phi) is 14.0. The highest BCUT2D eigenvalue weighted by molar-refractivity contribution is 5.97. The maximum atomic E-state index is 12.0. The molecule has 0 spiro atoms. The molecule has 0 aliphatic rings. The van der Waals surface area contributed by atoms with Crippen LogP contribution in [0.15, 0.2) is 36.4 Å². The predicted molar refractivity (Wildman–Crippen MR) is 123 cm³/mol. The van der Waals surface area contributed by atoms with Gasteiger partial charge in [0, 0.05) is 0 Å². The third-order valence-corrected chi connectivity index (χ3v) is 4.10. The number of carbonyl (C=O) groups excluding carboxylic acids is 1. The summed E-state index contributed by atoms with van der Waals surface area (Å²) in [6.07, 6.45) is -18.5. The van der Waals surface area contributed by atoms with Gasteiger partial charge in [0.05, 0.1) is 5.56 Å². The van der Waals surface area contributed by atoms with E-state index in [1.165, 1.54) is 0 Å². The van der Waals surface area contributed by atoms with Crippen molar-refractivity contribution in [3.63, 3.8) is 0 Å². The molecule has 0 atom stereocenters. The SMILES string of the molecule is C.CC(=O)c1cc(OCC(F)(F)F)ccc1OCC(F)(F)F.O=C(O)c1cc(OCC(F)(F)F)ccc1OCC(F)(F)F. The highest BCUT2D eigenvalue weighted by atomic mass is 19.4. The molecule has 0 amide bonds. The van der Waals surface area contributed by atoms with E-state index in [9.17, 15) is 62.3 Å². The van der Waals surface area contributed by atoms with E-state index in [2.05, 4.69) is 18.9 Å². The third-order valence-electron chi connectivity index (χ3n) is 4.10. The average Bonchev–Trinajstić information content (AvgIpc) is 2.82. The van der Waals surface area contributed by atoms with Gasteiger partial charge in [-0.2, -0.15) is 52.7 Å². The molecule has 0 heterocycles. The van der Waals surface area contributed by atoms with Crippen LogP contribution in [0.4, 0.5) is 52.7 Å². The molecule has 0 radical (unpaired) electrons. The number of carboxylic acids is 1. The van der Waals surface area contributed by atoms with Gasteiger partial charge in [0.15, 0.2) is 32.2 Å². The van der Waals surface area contributed by atoms with Crippen LogP contribution in [0.3, 0.4) is 0 Å². The van der Waals surface area contributed by atoms with E-state index in [0.717, 1.165) is 37.3 Å². The molecule has 0 fully saturated rings. The van der Waals surface area contributed by atoms with E-state index in [0.29, 0.717) is 6.07 Å². The normalized spacial score (nSPS) is 11.8. The molecule has 0 aromatic heterocycles. The van der Waals surface area contributed by atoms with Crippen LogP contribution >= 0.6 is 0 Å². The summed E-state index contributed by atoms with van der Waals surface area (Å²) in [5, 5.41) is 8.81. The minimum Gasteiger partial charge on any atom is -0.484 e. The molecule has 1 N–H and O–H groups in total. The van der Waals surface area contributed by atoms with Gasteiger partial charge in [-0.1, -0.05) is 7.43 Å². The molecule has 2 aromatic carbocycles. The average molecular weight is 650 g/mol. The Hall–Kier alpha value is -4.06. The van der Waals surface area contributed by atoms with Crippen LogP contribution in [-0.4, -0.2) is 68.0 Å². The van der Waals surface area contributed by atoms with Crippen LogP contribution in [0.2, 0.25) is 0 Å². The number of rotatable bonds is 10. The summed E-state index contributed by atoms with van der Waals surface area (Å²) in [4.78, 5) is 22.2. The topological polar surface area (TPSA) is 91.3 Å². The minimum absolute atomic E-state index is 0. The number of hydrogen-bond donors (Lipinski definition) is 1. The zero-order valence-electron chi connectivity index (χ0n) is 20.7. The molecule has 43 heavy (non-hydrogen) atoms. The summed E-state index contributed by atoms with van der Waals surface area (Å²) in [5.41, 5.74) is -1.03. The van der Waals surface area contributed by atoms with Gasteiger partial charge in [0.1, 0.15) is 28.6 Å². The van der Waals surface area contributed by atoms with Crippen LogP contribution < -0.4 is 18.9 Å². The second-order valence-corrected chi connectivity index (χ2v) is 7.79. The molecular formula is C24H22F12O7. The van der Waals surface area contributed by atoms with E-state index in [1.807, 2.05) is 0 Å². The van der Waals surface area contributed by atoms with Crippen molar-refractivity contribution in [1.29, 1.82) is 0 Å². The lowest BCUT2D eigenvalue weighted by Gasteiger charge is -2.14. The fourth-order valence-corrected chi connectivity index (χ4v) is 2.54. The number of carbonyl (C=O) groups is 2. The highest BCUT2D eigenvalue weighted by Gasteiger charge is 2.32. The molecule has 244 valence electrons. The van der Waals surface area contributed by atoms with Gasteiger partial charge in [0.2, 0.25) is 0 Å². The van der Waals surface area contributed by atoms with Crippen LogP contribution in [0.1, 0.15) is 35.1 Å². The first-order valence-electron chi connectivity index (χ1n) is 10.8. The first kappa shape index (κ1) is 38.9. The second-order valence-electron chi connectivity index (χ2n) is 7.79. The van der Waals surface area contributed by atoms with E-state index >= 15 is 0 Å². The molecule has 19 heteroatoms. The molecule has 2 aromatic rings. The Labute approximate surface area is 234 Å². The monoisotopic (exact) mass is 650 g/mol. The van der Waals surface area contributed by atoms with Crippen molar-refractivity contribution < 1.29 is 86.3 Å². The van der Waals surface area contributed by atoms with E-state index in [4.69, 9.17) is 5.11 Å². The number of ketones is 1. The Balaban J connectivity index is 0.000000802. The van der Waals surface area contributed by atoms with Crippen molar-refractivity contribution in [3.05, 3.63) is 47.5 Å². The van der Waals surface area contributed by atoms with E-state index in [1.54, 1.807) is 0 Å². The van der Waals surface area contributed by atoms with Crippen molar-refractivity contribution in [2.75, 3.05) is 26.4 Å². The summed E-state index contributed by atoms with van der Waals surface area (Å²) in [5.74, 6) is -4.08. The Morgan fingerprint density at radius 3 is 1.19 bits per heavy atom. The van der Waals surface area contributed by atoms with E-state index < -0.39 is 79.9 Å². The molecule has 0 bridgehead atoms. The summed E-state index contributed by atoms with van der Waals surface area (Å²) >= 11 is 0. The zero-order valence-corrected chi connectivity index (χ0v) is 20.7. The van der Waals surface area contributed by atoms with Gasteiger partial charge in [0.25, 0.3) is 0 Å². The summed E-state index contributed by atoms with van der Waals surface area (Å²) < 4.78 is 161. The predicted octanol–water partition coefficient (Wildman–Crippen LogP) is 7.67. The number of Topliss-reactive ketones (excluding diaryl/α,β-unsaturated/α-hetero) is 1. The number of halogens is 12. The molecular weight excluding hydrogens is 628 g/mol. The van der Waals surface area contributed by atoms with Gasteiger partial charge in [-0.3, -0.25) is 4.79 Å². The van der Waals surface area contributed by atoms with Crippen LogP contribution in [0, 0.1) is 0 Å². The molecule has 0 unspecified atom stereocenters. The number of alkyl halides is 12. The number of aromatic carboxylic acids is 1. The lowest BCUT2D eigenvalue weighted by atomic mass is 10.1. The van der Waals surface area contributed by atoms with Crippen LogP contribution in [0.25, 0.3) is 0 Å². The molecule has 0 aliphatic heterocycles. The van der Waals surface area contributed by atoms with Crippen molar-refractivity contribution in [3.8, 4) is 23.0 Å². The van der Waals surface area contributed by atoms with Gasteiger partial charge in [-0.25, -0.2) is 4.79 Å². The largest absolute Gasteiger partial charge is 0.484 e. The number of ether oxygens (including phenoxy) is 4. The number of carboxylic acid groups (broad SMARTS) is 1. The lowest BCUT2D eigenvalue weighted by Crippen LogP contribution is -2.21. The van der Waals surface area contributed by atoms with Crippen LogP contribution in [-0.2, 0) is 0 Å². The van der Waals surface area contributed by atoms with Crippen LogP contribution in [0.5, 0.6) is 23.0 Å². The summed E-state index contributed by atoms with van der Waals surface area (Å²) in [7, 11) is 0. The fraction of sp³-hybridized carbons (Fsp3) is 0.417. The highest BCUT2D eigenvalue weighted by Crippen LogP contribution is 2.29. The fourth-order valence-electron chi connectivity index (χ4n) is 2.54. The van der Waals surface area contributed by atoms with Gasteiger partial charge in [-0.15, -0.1) is 0 Å². The first-order valence-corrected chi connectivity index (χ1v) is 10.8. The quantitative estimate of drug-likeness (QED) is 0.209. The zero-order chi connectivity index (χ0) is 32.5. The summed E-state index contributed by atoms with van der Waals surface area (Å²) in [6, 6.07) is 5.17. The van der Waals surface area contributed by atoms with E-state index in [-0.39, 0.29) is 24.5 Å².